The Morgan fingerprint density at radius 3 is 2.45 bits per heavy atom. The Balaban J connectivity index is 1.38. The van der Waals surface area contributed by atoms with Gasteiger partial charge >= 0.3 is 12.2 Å². The highest BCUT2D eigenvalue weighted by Crippen LogP contribution is 2.32. The van der Waals surface area contributed by atoms with E-state index in [9.17, 15) is 9.59 Å². The average Bonchev–Trinajstić information content (AvgIpc) is 3.22. The van der Waals surface area contributed by atoms with Crippen LogP contribution in [0.25, 0.3) is 0 Å². The van der Waals surface area contributed by atoms with Gasteiger partial charge in [0.05, 0.1) is 25.4 Å². The number of benzene rings is 1. The lowest BCUT2D eigenvalue weighted by atomic mass is 9.96. The Morgan fingerprint density at radius 1 is 1.13 bits per heavy atom. The molecule has 38 heavy (non-hydrogen) atoms. The van der Waals surface area contributed by atoms with Crippen molar-refractivity contribution in [3.8, 4) is 0 Å². The number of alkyl carbamates (subject to hydrolysis) is 1. The van der Waals surface area contributed by atoms with E-state index in [2.05, 4.69) is 40.8 Å². The Labute approximate surface area is 226 Å². The number of amides is 2. The summed E-state index contributed by atoms with van der Waals surface area (Å²) in [6.07, 6.45) is 3.02. The van der Waals surface area contributed by atoms with E-state index in [0.29, 0.717) is 25.2 Å². The molecule has 0 saturated carbocycles. The lowest BCUT2D eigenvalue weighted by molar-refractivity contribution is 0.0486. The van der Waals surface area contributed by atoms with Gasteiger partial charge in [0.1, 0.15) is 11.4 Å². The minimum absolute atomic E-state index is 0.126. The number of aromatic nitrogens is 2. The van der Waals surface area contributed by atoms with Gasteiger partial charge in [0, 0.05) is 43.8 Å². The van der Waals surface area contributed by atoms with Crippen molar-refractivity contribution < 1.29 is 19.1 Å². The average molecular weight is 526 g/mol. The van der Waals surface area contributed by atoms with Gasteiger partial charge in [-0.25, -0.2) is 14.6 Å². The lowest BCUT2D eigenvalue weighted by Crippen LogP contribution is -2.43. The highest BCUT2D eigenvalue weighted by molar-refractivity contribution is 5.68. The summed E-state index contributed by atoms with van der Waals surface area (Å²) in [4.78, 5) is 33.7. The van der Waals surface area contributed by atoms with Gasteiger partial charge in [-0.3, -0.25) is 0 Å². The SMILES string of the molecule is COC(=O)N1CCc2c(nc(C)n2C2CCN(C(C)C[C@H](NC(=O)OC(C)(C)C)c3ccccc3)CC2)C1. The summed E-state index contributed by atoms with van der Waals surface area (Å²) < 4.78 is 12.9. The van der Waals surface area contributed by atoms with Crippen LogP contribution in [0.5, 0.6) is 0 Å². The van der Waals surface area contributed by atoms with Gasteiger partial charge < -0.3 is 29.2 Å². The molecule has 0 bridgehead atoms. The molecular weight excluding hydrogens is 482 g/mol. The van der Waals surface area contributed by atoms with Crippen LogP contribution in [0.4, 0.5) is 9.59 Å². The van der Waals surface area contributed by atoms with Crippen LogP contribution in [0.3, 0.4) is 0 Å². The predicted molar refractivity (Wildman–Crippen MR) is 146 cm³/mol. The van der Waals surface area contributed by atoms with Crippen molar-refractivity contribution in [3.05, 3.63) is 53.1 Å². The third-order valence-electron chi connectivity index (χ3n) is 7.62. The maximum atomic E-state index is 12.6. The normalized spacial score (nSPS) is 18.4. The van der Waals surface area contributed by atoms with E-state index in [1.807, 2.05) is 39.0 Å². The first kappa shape index (κ1) is 28.0. The van der Waals surface area contributed by atoms with Crippen LogP contribution in [0, 0.1) is 6.92 Å². The standard InChI is InChI=1S/C29H43N5O4/c1-20(18-24(22-10-8-7-9-11-22)31-27(35)38-29(3,4)5)32-15-12-23(13-16-32)34-21(2)30-25-19-33(28(36)37-6)17-14-26(25)34/h7-11,20,23-24H,12-19H2,1-6H3,(H,31,35)/t20?,24-/m0/s1. The van der Waals surface area contributed by atoms with Crippen LogP contribution in [-0.4, -0.2) is 69.9 Å². The summed E-state index contributed by atoms with van der Waals surface area (Å²) in [6, 6.07) is 10.7. The maximum absolute atomic E-state index is 12.6. The second kappa shape index (κ2) is 11.8. The maximum Gasteiger partial charge on any atom is 0.409 e. The molecule has 1 aromatic heterocycles. The number of nitrogens with zero attached hydrogens (tertiary/aromatic N) is 4. The minimum Gasteiger partial charge on any atom is -0.453 e. The molecule has 2 amide bonds. The fourth-order valence-corrected chi connectivity index (χ4v) is 5.80. The molecule has 2 aliphatic heterocycles. The van der Waals surface area contributed by atoms with Crippen molar-refractivity contribution >= 4 is 12.2 Å². The highest BCUT2D eigenvalue weighted by atomic mass is 16.6. The van der Waals surface area contributed by atoms with Crippen molar-refractivity contribution in [2.75, 3.05) is 26.7 Å². The number of fused-ring (bicyclic) bond motifs is 1. The van der Waals surface area contributed by atoms with Crippen LogP contribution in [0.1, 0.15) is 81.8 Å². The van der Waals surface area contributed by atoms with Crippen LogP contribution in [0.2, 0.25) is 0 Å². The van der Waals surface area contributed by atoms with E-state index in [4.69, 9.17) is 14.5 Å². The Bertz CT molecular complexity index is 1100. The van der Waals surface area contributed by atoms with E-state index in [0.717, 1.165) is 55.9 Å². The van der Waals surface area contributed by atoms with E-state index in [1.54, 1.807) is 4.90 Å². The second-order valence-electron chi connectivity index (χ2n) is 11.5. The number of nitrogens with one attached hydrogen (secondary N) is 1. The van der Waals surface area contributed by atoms with Crippen LogP contribution >= 0.6 is 0 Å². The first-order valence-corrected chi connectivity index (χ1v) is 13.7. The molecule has 3 heterocycles. The molecule has 0 spiro atoms. The quantitative estimate of drug-likeness (QED) is 0.571. The number of piperidine rings is 1. The molecule has 0 aliphatic carbocycles. The van der Waals surface area contributed by atoms with Crippen LogP contribution in [-0.2, 0) is 22.4 Å². The molecule has 1 unspecified atom stereocenters. The Morgan fingerprint density at radius 2 is 1.82 bits per heavy atom. The van der Waals surface area contributed by atoms with E-state index >= 15 is 0 Å². The van der Waals surface area contributed by atoms with E-state index in [1.165, 1.54) is 12.8 Å². The molecule has 1 fully saturated rings. The molecule has 4 rings (SSSR count). The second-order valence-corrected chi connectivity index (χ2v) is 11.5. The first-order chi connectivity index (χ1) is 18.1. The number of rotatable bonds is 6. The number of ether oxygens (including phenoxy) is 2. The zero-order valence-corrected chi connectivity index (χ0v) is 23.7. The molecule has 1 N–H and O–H groups in total. The zero-order valence-electron chi connectivity index (χ0n) is 23.7. The minimum atomic E-state index is -0.541. The topological polar surface area (TPSA) is 88.9 Å². The highest BCUT2D eigenvalue weighted by Gasteiger charge is 2.32. The fourth-order valence-electron chi connectivity index (χ4n) is 5.80. The summed E-state index contributed by atoms with van der Waals surface area (Å²) in [7, 11) is 1.42. The van der Waals surface area contributed by atoms with E-state index in [-0.39, 0.29) is 18.2 Å². The van der Waals surface area contributed by atoms with Gasteiger partial charge in [0.2, 0.25) is 0 Å². The number of methoxy groups -OCH3 is 1. The number of aryl methyl sites for hydroxylation is 1. The molecule has 1 saturated heterocycles. The van der Waals surface area contributed by atoms with E-state index < -0.39 is 5.60 Å². The summed E-state index contributed by atoms with van der Waals surface area (Å²) >= 11 is 0. The van der Waals surface area contributed by atoms with Crippen molar-refractivity contribution in [2.45, 2.75) is 90.6 Å². The van der Waals surface area contributed by atoms with Crippen molar-refractivity contribution in [1.82, 2.24) is 24.7 Å². The molecule has 9 heteroatoms. The number of likely N-dealkylation sites (tertiary alicyclic amines) is 1. The number of hydrogen-bond donors (Lipinski definition) is 1. The van der Waals surface area contributed by atoms with Crippen LogP contribution in [0.15, 0.2) is 30.3 Å². The van der Waals surface area contributed by atoms with Gasteiger partial charge in [-0.05, 0) is 59.4 Å². The number of hydrogen-bond acceptors (Lipinski definition) is 6. The summed E-state index contributed by atoms with van der Waals surface area (Å²) in [5, 5.41) is 3.11. The fraction of sp³-hybridized carbons (Fsp3) is 0.621. The smallest absolute Gasteiger partial charge is 0.409 e. The predicted octanol–water partition coefficient (Wildman–Crippen LogP) is 5.00. The van der Waals surface area contributed by atoms with Crippen molar-refractivity contribution in [3.63, 3.8) is 0 Å². The number of imidazole rings is 1. The van der Waals surface area contributed by atoms with Gasteiger partial charge in [-0.1, -0.05) is 30.3 Å². The Kier molecular flexibility index (Phi) is 8.65. The first-order valence-electron chi connectivity index (χ1n) is 13.7. The molecule has 0 radical (unpaired) electrons. The molecule has 2 aromatic rings. The Hall–Kier alpha value is -3.07. The largest absolute Gasteiger partial charge is 0.453 e. The lowest BCUT2D eigenvalue weighted by Gasteiger charge is -2.39. The molecule has 9 nitrogen and oxygen atoms in total. The van der Waals surface area contributed by atoms with Crippen molar-refractivity contribution in [2.24, 2.45) is 0 Å². The molecule has 2 atom stereocenters. The van der Waals surface area contributed by atoms with Gasteiger partial charge in [0.25, 0.3) is 0 Å². The number of carbonyl (C=O) groups excluding carboxylic acids is 2. The molecule has 1 aromatic carbocycles. The van der Waals surface area contributed by atoms with Crippen molar-refractivity contribution in [1.29, 1.82) is 0 Å². The summed E-state index contributed by atoms with van der Waals surface area (Å²) in [5.41, 5.74) is 2.80. The number of carbonyl (C=O) groups is 2. The third-order valence-corrected chi connectivity index (χ3v) is 7.62. The third kappa shape index (κ3) is 6.67. The summed E-state index contributed by atoms with van der Waals surface area (Å²) in [6.45, 7) is 13.1. The zero-order chi connectivity index (χ0) is 27.4. The summed E-state index contributed by atoms with van der Waals surface area (Å²) in [5.74, 6) is 1.03. The molecule has 208 valence electrons. The van der Waals surface area contributed by atoms with Gasteiger partial charge in [0.15, 0.2) is 0 Å². The molecule has 2 aliphatic rings. The molecular formula is C29H43N5O4. The van der Waals surface area contributed by atoms with Gasteiger partial charge in [-0.15, -0.1) is 0 Å². The van der Waals surface area contributed by atoms with Crippen LogP contribution < -0.4 is 5.32 Å². The monoisotopic (exact) mass is 525 g/mol. The van der Waals surface area contributed by atoms with Gasteiger partial charge in [-0.2, -0.15) is 0 Å².